The highest BCUT2D eigenvalue weighted by Crippen LogP contribution is 2.57. The van der Waals surface area contributed by atoms with Crippen LogP contribution in [-0.2, 0) is 13.6 Å². The summed E-state index contributed by atoms with van der Waals surface area (Å²) >= 11 is 17.5. The highest BCUT2D eigenvalue weighted by Gasteiger charge is 2.49. The summed E-state index contributed by atoms with van der Waals surface area (Å²) < 4.78 is 30.2. The molecule has 0 fully saturated rings. The Bertz CT molecular complexity index is 629. The maximum atomic E-state index is 12.5. The maximum Gasteiger partial charge on any atom is 0.356 e. The number of carbonyl (C=O) groups is 1. The van der Waals surface area contributed by atoms with Crippen LogP contribution in [0.15, 0.2) is 18.2 Å². The fraction of sp³-hybridized carbons (Fsp3) is 0.462. The zero-order valence-electron chi connectivity index (χ0n) is 13.3. The Morgan fingerprint density at radius 1 is 1.08 bits per heavy atom. The van der Waals surface area contributed by atoms with Gasteiger partial charge in [-0.05, 0) is 18.2 Å². The second kappa shape index (κ2) is 8.61. The fourth-order valence-corrected chi connectivity index (χ4v) is 4.25. The summed E-state index contributed by atoms with van der Waals surface area (Å²) in [5, 5.41) is 2.36. The molecule has 0 saturated heterocycles. The molecule has 1 amide bonds. The minimum absolute atomic E-state index is 0.172. The first-order chi connectivity index (χ1) is 11.1. The van der Waals surface area contributed by atoms with E-state index in [9.17, 15) is 9.36 Å². The van der Waals surface area contributed by atoms with Crippen LogP contribution in [0.5, 0.6) is 11.5 Å². The van der Waals surface area contributed by atoms with Crippen molar-refractivity contribution in [3.8, 4) is 11.5 Å². The van der Waals surface area contributed by atoms with Crippen LogP contribution in [0, 0.1) is 0 Å². The molecule has 11 heteroatoms. The molecule has 0 aliphatic heterocycles. The SMILES string of the molecule is COc1ccc(C(=O)N[C@@H](C(Cl)(Cl)Cl)P(=O)(OC)OC)cc1OC. The quantitative estimate of drug-likeness (QED) is 0.536. The highest BCUT2D eigenvalue weighted by atomic mass is 35.6. The minimum atomic E-state index is -3.90. The predicted molar refractivity (Wildman–Crippen MR) is 92.7 cm³/mol. The van der Waals surface area contributed by atoms with Crippen molar-refractivity contribution in [1.29, 1.82) is 0 Å². The molecular formula is C13H17Cl3NO6P. The third-order valence-electron chi connectivity index (χ3n) is 3.05. The first-order valence-electron chi connectivity index (χ1n) is 6.43. The Kier molecular flexibility index (Phi) is 7.66. The molecule has 0 spiro atoms. The molecule has 136 valence electrons. The van der Waals surface area contributed by atoms with Gasteiger partial charge in [-0.1, -0.05) is 34.8 Å². The van der Waals surface area contributed by atoms with E-state index < -0.39 is 23.1 Å². The van der Waals surface area contributed by atoms with Crippen molar-refractivity contribution in [3.63, 3.8) is 0 Å². The lowest BCUT2D eigenvalue weighted by molar-refractivity contribution is 0.0941. The van der Waals surface area contributed by atoms with E-state index in [1.165, 1.54) is 32.4 Å². The third-order valence-corrected chi connectivity index (χ3v) is 6.33. The second-order valence-electron chi connectivity index (χ2n) is 4.39. The summed E-state index contributed by atoms with van der Waals surface area (Å²) in [4.78, 5) is 12.4. The van der Waals surface area contributed by atoms with Gasteiger partial charge in [0.1, 0.15) is 0 Å². The van der Waals surface area contributed by atoms with Gasteiger partial charge < -0.3 is 23.8 Å². The number of halogens is 3. The number of carbonyl (C=O) groups excluding carboxylic acids is 1. The third kappa shape index (κ3) is 4.91. The zero-order chi connectivity index (χ0) is 18.5. The number of hydrogen-bond donors (Lipinski definition) is 1. The maximum absolute atomic E-state index is 12.5. The summed E-state index contributed by atoms with van der Waals surface area (Å²) in [5.41, 5.74) is 0.172. The largest absolute Gasteiger partial charge is 0.493 e. The van der Waals surface area contributed by atoms with Crippen LogP contribution in [0.25, 0.3) is 0 Å². The average Bonchev–Trinajstić information content (AvgIpc) is 2.57. The lowest BCUT2D eigenvalue weighted by Crippen LogP contribution is -2.44. The van der Waals surface area contributed by atoms with E-state index in [-0.39, 0.29) is 5.56 Å². The Morgan fingerprint density at radius 3 is 2.04 bits per heavy atom. The Balaban J connectivity index is 3.16. The van der Waals surface area contributed by atoms with Crippen molar-refractivity contribution in [2.45, 2.75) is 9.58 Å². The number of methoxy groups -OCH3 is 2. The van der Waals surface area contributed by atoms with Gasteiger partial charge in [-0.2, -0.15) is 0 Å². The van der Waals surface area contributed by atoms with E-state index in [0.717, 1.165) is 14.2 Å². The molecule has 7 nitrogen and oxygen atoms in total. The molecule has 24 heavy (non-hydrogen) atoms. The molecule has 1 aromatic carbocycles. The molecule has 0 aromatic heterocycles. The lowest BCUT2D eigenvalue weighted by Gasteiger charge is -2.30. The molecule has 0 aliphatic carbocycles. The summed E-state index contributed by atoms with van der Waals surface area (Å²) in [7, 11) is 1.22. The van der Waals surface area contributed by atoms with Crippen molar-refractivity contribution < 1.29 is 27.9 Å². The van der Waals surface area contributed by atoms with Crippen LogP contribution in [0.4, 0.5) is 0 Å². The van der Waals surface area contributed by atoms with Gasteiger partial charge in [0, 0.05) is 19.8 Å². The van der Waals surface area contributed by atoms with E-state index >= 15 is 0 Å². The van der Waals surface area contributed by atoms with E-state index in [1.807, 2.05) is 0 Å². The van der Waals surface area contributed by atoms with Crippen LogP contribution < -0.4 is 14.8 Å². The first-order valence-corrected chi connectivity index (χ1v) is 9.18. The summed E-state index contributed by atoms with van der Waals surface area (Å²) in [6.07, 6.45) is 0. The summed E-state index contributed by atoms with van der Waals surface area (Å²) in [5.74, 6) is -1.42. The van der Waals surface area contributed by atoms with Gasteiger partial charge in [0.2, 0.25) is 3.79 Å². The Morgan fingerprint density at radius 2 is 1.62 bits per heavy atom. The van der Waals surface area contributed by atoms with E-state index in [0.29, 0.717) is 11.5 Å². The van der Waals surface area contributed by atoms with Crippen LogP contribution in [0.3, 0.4) is 0 Å². The number of alkyl halides is 3. The van der Waals surface area contributed by atoms with Gasteiger partial charge in [0.25, 0.3) is 5.91 Å². The fourth-order valence-electron chi connectivity index (χ4n) is 1.81. The van der Waals surface area contributed by atoms with Gasteiger partial charge in [-0.3, -0.25) is 9.36 Å². The number of hydrogen-bond acceptors (Lipinski definition) is 6. The highest BCUT2D eigenvalue weighted by molar-refractivity contribution is 7.55. The summed E-state index contributed by atoms with van der Waals surface area (Å²) in [6, 6.07) is 4.43. The van der Waals surface area contributed by atoms with Crippen LogP contribution in [0.2, 0.25) is 0 Å². The Hall–Kier alpha value is -0.690. The van der Waals surface area contributed by atoms with Gasteiger partial charge >= 0.3 is 7.60 Å². The molecule has 1 aromatic rings. The number of benzene rings is 1. The van der Waals surface area contributed by atoms with Crippen molar-refractivity contribution in [2.75, 3.05) is 28.4 Å². The Labute approximate surface area is 155 Å². The molecule has 0 saturated carbocycles. The van der Waals surface area contributed by atoms with Crippen LogP contribution in [0.1, 0.15) is 10.4 Å². The van der Waals surface area contributed by atoms with E-state index in [2.05, 4.69) is 5.32 Å². The number of amides is 1. The molecule has 0 unspecified atom stereocenters. The number of rotatable bonds is 7. The molecule has 0 aliphatic rings. The minimum Gasteiger partial charge on any atom is -0.493 e. The summed E-state index contributed by atoms with van der Waals surface area (Å²) in [6.45, 7) is 0. The van der Waals surface area contributed by atoms with Gasteiger partial charge in [-0.15, -0.1) is 0 Å². The molecule has 1 rings (SSSR count). The smallest absolute Gasteiger partial charge is 0.356 e. The van der Waals surface area contributed by atoms with Crippen molar-refractivity contribution >= 4 is 48.3 Å². The monoisotopic (exact) mass is 419 g/mol. The topological polar surface area (TPSA) is 83.1 Å². The second-order valence-corrected chi connectivity index (χ2v) is 9.09. The van der Waals surface area contributed by atoms with Gasteiger partial charge in [0.15, 0.2) is 17.3 Å². The molecule has 0 heterocycles. The molecule has 0 radical (unpaired) electrons. The van der Waals surface area contributed by atoms with Crippen molar-refractivity contribution in [1.82, 2.24) is 5.32 Å². The lowest BCUT2D eigenvalue weighted by atomic mass is 10.2. The van der Waals surface area contributed by atoms with Gasteiger partial charge in [-0.25, -0.2) is 0 Å². The van der Waals surface area contributed by atoms with Crippen LogP contribution >= 0.6 is 42.4 Å². The first kappa shape index (κ1) is 21.4. The molecule has 1 atom stereocenters. The van der Waals surface area contributed by atoms with E-state index in [1.54, 1.807) is 0 Å². The normalized spacial score (nSPS) is 13.3. The molecular weight excluding hydrogens is 403 g/mol. The molecule has 0 bridgehead atoms. The zero-order valence-corrected chi connectivity index (χ0v) is 16.5. The van der Waals surface area contributed by atoms with E-state index in [4.69, 9.17) is 53.3 Å². The predicted octanol–water partition coefficient (Wildman–Crippen LogP) is 3.62. The average molecular weight is 421 g/mol. The van der Waals surface area contributed by atoms with Crippen molar-refractivity contribution in [2.24, 2.45) is 0 Å². The standard InChI is InChI=1S/C13H17Cl3NO6P/c1-20-9-6-5-8(7-10(9)21-2)11(18)17-12(13(14,15)16)24(19,22-3)23-4/h5-7,12H,1-4H3,(H,17,18)/t12-/m1/s1. The molecule has 1 N–H and O–H groups in total. The van der Waals surface area contributed by atoms with Gasteiger partial charge in [0.05, 0.1) is 14.2 Å². The van der Waals surface area contributed by atoms with Crippen molar-refractivity contribution in [3.05, 3.63) is 23.8 Å². The number of nitrogens with one attached hydrogen (secondary N) is 1. The number of ether oxygens (including phenoxy) is 2. The van der Waals surface area contributed by atoms with Crippen LogP contribution in [-0.4, -0.2) is 43.9 Å².